The summed E-state index contributed by atoms with van der Waals surface area (Å²) >= 11 is 0. The second kappa shape index (κ2) is 3.22. The van der Waals surface area contributed by atoms with E-state index in [-0.39, 0.29) is 10.9 Å². The number of rotatable bonds is 1. The molecule has 0 bridgehead atoms. The first-order valence-electron chi connectivity index (χ1n) is 4.17. The molecule has 0 aromatic carbocycles. The average molecular weight is 230 g/mol. The molecule has 0 amide bonds. The van der Waals surface area contributed by atoms with E-state index in [1.807, 2.05) is 4.98 Å². The number of alkyl halides is 3. The molecule has 16 heavy (non-hydrogen) atoms. The third kappa shape index (κ3) is 1.50. The van der Waals surface area contributed by atoms with Gasteiger partial charge in [0.1, 0.15) is 5.69 Å². The maximum Gasteiger partial charge on any atom is 0.432 e. The molecule has 0 radical (unpaired) electrons. The topological polar surface area (TPSA) is 66.0 Å². The van der Waals surface area contributed by atoms with Crippen LogP contribution in [0.2, 0.25) is 0 Å². The molecule has 0 saturated carbocycles. The van der Waals surface area contributed by atoms with Crippen LogP contribution >= 0.6 is 0 Å². The Kier molecular flexibility index (Phi) is 2.11. The number of aromatic nitrogens is 2. The Balaban J connectivity index is 2.84. The predicted molar refractivity (Wildman–Crippen MR) is 48.1 cm³/mol. The Morgan fingerprint density at radius 2 is 2.12 bits per heavy atom. The summed E-state index contributed by atoms with van der Waals surface area (Å²) in [5, 5.41) is 8.77. The van der Waals surface area contributed by atoms with Gasteiger partial charge in [0, 0.05) is 11.6 Å². The molecule has 0 unspecified atom stereocenters. The summed E-state index contributed by atoms with van der Waals surface area (Å²) in [5.41, 5.74) is -1.99. The molecule has 2 N–H and O–H groups in total. The van der Waals surface area contributed by atoms with Crippen LogP contribution in [0.5, 0.6) is 0 Å². The van der Waals surface area contributed by atoms with Crippen molar-refractivity contribution in [1.82, 2.24) is 9.97 Å². The summed E-state index contributed by atoms with van der Waals surface area (Å²) in [4.78, 5) is 16.4. The molecule has 7 heteroatoms. The quantitative estimate of drug-likeness (QED) is 0.789. The normalized spacial score (nSPS) is 11.9. The van der Waals surface area contributed by atoms with Crippen molar-refractivity contribution in [2.45, 2.75) is 6.18 Å². The summed E-state index contributed by atoms with van der Waals surface area (Å²) in [6.45, 7) is 0. The van der Waals surface area contributed by atoms with E-state index in [1.165, 1.54) is 12.3 Å². The van der Waals surface area contributed by atoms with Crippen molar-refractivity contribution in [2.24, 2.45) is 0 Å². The minimum atomic E-state index is -4.73. The Morgan fingerprint density at radius 1 is 1.44 bits per heavy atom. The summed E-state index contributed by atoms with van der Waals surface area (Å²) < 4.78 is 37.6. The molecule has 0 spiro atoms. The summed E-state index contributed by atoms with van der Waals surface area (Å²) in [5.74, 6) is -1.62. The van der Waals surface area contributed by atoms with Crippen molar-refractivity contribution in [3.05, 3.63) is 29.7 Å². The molecule has 0 aliphatic carbocycles. The van der Waals surface area contributed by atoms with Crippen LogP contribution in [0.4, 0.5) is 13.2 Å². The Morgan fingerprint density at radius 3 is 2.69 bits per heavy atom. The average Bonchev–Trinajstić information content (AvgIpc) is 2.55. The lowest BCUT2D eigenvalue weighted by atomic mass is 10.1. The Bertz CT molecular complexity index is 559. The number of nitrogens with one attached hydrogen (secondary N) is 1. The van der Waals surface area contributed by atoms with Gasteiger partial charge in [-0.25, -0.2) is 4.79 Å². The minimum absolute atomic E-state index is 0.00479. The van der Waals surface area contributed by atoms with Crippen LogP contribution < -0.4 is 0 Å². The summed E-state index contributed by atoms with van der Waals surface area (Å²) in [6, 6.07) is 1.23. The highest BCUT2D eigenvalue weighted by molar-refractivity contribution is 6.04. The molecule has 0 atom stereocenters. The molecule has 2 aromatic rings. The largest absolute Gasteiger partial charge is 0.478 e. The van der Waals surface area contributed by atoms with Gasteiger partial charge < -0.3 is 10.1 Å². The number of pyridine rings is 1. The number of fused-ring (bicyclic) bond motifs is 1. The first-order valence-corrected chi connectivity index (χ1v) is 4.17. The van der Waals surface area contributed by atoms with Gasteiger partial charge in [-0.2, -0.15) is 13.2 Å². The molecule has 0 aliphatic heterocycles. The molecule has 0 fully saturated rings. The third-order valence-electron chi connectivity index (χ3n) is 2.10. The molecular weight excluding hydrogens is 225 g/mol. The summed E-state index contributed by atoms with van der Waals surface area (Å²) in [7, 11) is 0. The van der Waals surface area contributed by atoms with Crippen molar-refractivity contribution >= 4 is 16.9 Å². The van der Waals surface area contributed by atoms with Crippen LogP contribution in [-0.4, -0.2) is 21.0 Å². The van der Waals surface area contributed by atoms with E-state index in [0.717, 1.165) is 6.20 Å². The van der Waals surface area contributed by atoms with Gasteiger partial charge in [0.05, 0.1) is 17.3 Å². The van der Waals surface area contributed by atoms with Gasteiger partial charge in [0.25, 0.3) is 0 Å². The highest BCUT2D eigenvalue weighted by Gasteiger charge is 2.38. The second-order valence-electron chi connectivity index (χ2n) is 3.10. The van der Waals surface area contributed by atoms with Crippen molar-refractivity contribution in [2.75, 3.05) is 0 Å². The zero-order valence-electron chi connectivity index (χ0n) is 7.67. The van der Waals surface area contributed by atoms with Gasteiger partial charge >= 0.3 is 12.1 Å². The number of aromatic amines is 1. The first kappa shape index (κ1) is 10.5. The van der Waals surface area contributed by atoms with E-state index in [0.29, 0.717) is 0 Å². The van der Waals surface area contributed by atoms with Crippen molar-refractivity contribution in [3.8, 4) is 0 Å². The van der Waals surface area contributed by atoms with Crippen LogP contribution in [-0.2, 0) is 6.18 Å². The molecule has 2 rings (SSSR count). The van der Waals surface area contributed by atoms with Gasteiger partial charge in [-0.05, 0) is 6.07 Å². The molecule has 4 nitrogen and oxygen atoms in total. The summed E-state index contributed by atoms with van der Waals surface area (Å²) in [6.07, 6.45) is -2.34. The van der Waals surface area contributed by atoms with Gasteiger partial charge in [-0.15, -0.1) is 0 Å². The van der Waals surface area contributed by atoms with Crippen LogP contribution in [0.25, 0.3) is 10.9 Å². The number of hydrogen-bond acceptors (Lipinski definition) is 2. The number of H-pyrrole nitrogens is 1. The van der Waals surface area contributed by atoms with Crippen LogP contribution in [0.3, 0.4) is 0 Å². The van der Waals surface area contributed by atoms with Crippen LogP contribution in [0.1, 0.15) is 16.1 Å². The van der Waals surface area contributed by atoms with E-state index < -0.39 is 23.4 Å². The Hall–Kier alpha value is -2.05. The van der Waals surface area contributed by atoms with Gasteiger partial charge in [-0.1, -0.05) is 0 Å². The molecule has 0 aliphatic rings. The fourth-order valence-electron chi connectivity index (χ4n) is 1.48. The molecule has 2 heterocycles. The van der Waals surface area contributed by atoms with Crippen LogP contribution in [0.15, 0.2) is 18.5 Å². The first-order chi connectivity index (χ1) is 7.41. The lowest BCUT2D eigenvalue weighted by molar-refractivity contribution is -0.141. The minimum Gasteiger partial charge on any atom is -0.478 e. The van der Waals surface area contributed by atoms with Crippen LogP contribution in [0, 0.1) is 0 Å². The number of aromatic carboxylic acids is 1. The predicted octanol–water partition coefficient (Wildman–Crippen LogP) is 2.28. The highest BCUT2D eigenvalue weighted by Crippen LogP contribution is 2.34. The number of halogens is 3. The van der Waals surface area contributed by atoms with Crippen molar-refractivity contribution in [3.63, 3.8) is 0 Å². The number of carbonyl (C=O) groups is 1. The third-order valence-corrected chi connectivity index (χ3v) is 2.10. The Labute approximate surface area is 86.7 Å². The molecule has 0 saturated heterocycles. The van der Waals surface area contributed by atoms with E-state index >= 15 is 0 Å². The standard InChI is InChI=1S/C9H5F3N2O2/c10-9(11,12)7-6(8(15)16)4-1-2-13-3-5(4)14-7/h1-3,14H,(H,15,16). The zero-order chi connectivity index (χ0) is 11.9. The fraction of sp³-hybridized carbons (Fsp3) is 0.111. The van der Waals surface area contributed by atoms with E-state index in [1.54, 1.807) is 0 Å². The lowest BCUT2D eigenvalue weighted by Crippen LogP contribution is -2.11. The second-order valence-corrected chi connectivity index (χ2v) is 3.10. The van der Waals surface area contributed by atoms with Gasteiger partial charge in [0.15, 0.2) is 0 Å². The molecule has 2 aromatic heterocycles. The van der Waals surface area contributed by atoms with Crippen molar-refractivity contribution < 1.29 is 23.1 Å². The van der Waals surface area contributed by atoms with Gasteiger partial charge in [0.2, 0.25) is 0 Å². The number of hydrogen-bond donors (Lipinski definition) is 2. The van der Waals surface area contributed by atoms with E-state index in [2.05, 4.69) is 4.98 Å². The zero-order valence-corrected chi connectivity index (χ0v) is 7.67. The SMILES string of the molecule is O=C(O)c1c(C(F)(F)F)[nH]c2cnccc12. The van der Waals surface area contributed by atoms with E-state index in [9.17, 15) is 18.0 Å². The highest BCUT2D eigenvalue weighted by atomic mass is 19.4. The monoisotopic (exact) mass is 230 g/mol. The maximum absolute atomic E-state index is 12.5. The van der Waals surface area contributed by atoms with Gasteiger partial charge in [-0.3, -0.25) is 4.98 Å². The number of carboxylic acid groups (broad SMARTS) is 1. The lowest BCUT2D eigenvalue weighted by Gasteiger charge is -2.04. The molecule has 84 valence electrons. The van der Waals surface area contributed by atoms with E-state index in [4.69, 9.17) is 5.11 Å². The smallest absolute Gasteiger partial charge is 0.432 e. The number of carboxylic acids is 1. The van der Waals surface area contributed by atoms with Crippen molar-refractivity contribution in [1.29, 1.82) is 0 Å². The fourth-order valence-corrected chi connectivity index (χ4v) is 1.48. The maximum atomic E-state index is 12.5. The number of nitrogens with zero attached hydrogens (tertiary/aromatic N) is 1. The molecular formula is C9H5F3N2O2.